The van der Waals surface area contributed by atoms with Crippen LogP contribution >= 0.6 is 0 Å². The molecule has 0 aliphatic heterocycles. The second kappa shape index (κ2) is 5.61. The number of unbranched alkanes of at least 4 members (excludes halogenated alkanes) is 3. The Morgan fingerprint density at radius 3 is 2.63 bits per heavy atom. The summed E-state index contributed by atoms with van der Waals surface area (Å²) in [5.41, 5.74) is 2.92. The molecule has 0 aromatic heterocycles. The summed E-state index contributed by atoms with van der Waals surface area (Å²) in [7, 11) is 0. The molecule has 1 aliphatic rings. The molecule has 1 atom stereocenters. The molecule has 0 fully saturated rings. The Morgan fingerprint density at radius 1 is 0.947 bits per heavy atom. The van der Waals surface area contributed by atoms with Crippen molar-refractivity contribution in [3.8, 4) is 0 Å². The van der Waals surface area contributed by atoms with Crippen molar-refractivity contribution in [3.05, 3.63) is 53.6 Å². The number of benzene rings is 2. The quantitative estimate of drug-likeness (QED) is 0.578. The first-order valence-corrected chi connectivity index (χ1v) is 7.60. The van der Waals surface area contributed by atoms with Crippen LogP contribution in [0.3, 0.4) is 0 Å². The third-order valence-corrected chi connectivity index (χ3v) is 4.25. The summed E-state index contributed by atoms with van der Waals surface area (Å²) in [5.74, 6) is 0.621. The van der Waals surface area contributed by atoms with E-state index in [1.807, 2.05) is 0 Å². The van der Waals surface area contributed by atoms with Gasteiger partial charge < -0.3 is 0 Å². The molecule has 2 aromatic rings. The zero-order valence-corrected chi connectivity index (χ0v) is 11.7. The van der Waals surface area contributed by atoms with Crippen LogP contribution in [0.25, 0.3) is 16.8 Å². The molecular weight excluding hydrogens is 228 g/mol. The third kappa shape index (κ3) is 2.45. The summed E-state index contributed by atoms with van der Waals surface area (Å²) < 4.78 is 0. The Bertz CT molecular complexity index is 587. The Labute approximate surface area is 116 Å². The molecule has 0 nitrogen and oxygen atoms in total. The van der Waals surface area contributed by atoms with E-state index in [1.54, 1.807) is 0 Å². The monoisotopic (exact) mass is 250 g/mol. The van der Waals surface area contributed by atoms with Crippen LogP contribution in [0.4, 0.5) is 0 Å². The SMILES string of the molecule is CCCCCCC1C=Cc2cccc3cccc1c23. The van der Waals surface area contributed by atoms with E-state index in [9.17, 15) is 0 Å². The molecule has 3 rings (SSSR count). The van der Waals surface area contributed by atoms with E-state index < -0.39 is 0 Å². The van der Waals surface area contributed by atoms with Gasteiger partial charge in [-0.15, -0.1) is 0 Å². The lowest BCUT2D eigenvalue weighted by molar-refractivity contribution is 0.605. The van der Waals surface area contributed by atoms with Crippen LogP contribution in [0.1, 0.15) is 56.1 Å². The van der Waals surface area contributed by atoms with Crippen molar-refractivity contribution in [1.29, 1.82) is 0 Å². The summed E-state index contributed by atoms with van der Waals surface area (Å²) in [6, 6.07) is 13.4. The molecule has 0 saturated carbocycles. The number of hydrogen-bond acceptors (Lipinski definition) is 0. The van der Waals surface area contributed by atoms with Crippen LogP contribution < -0.4 is 0 Å². The Morgan fingerprint density at radius 2 is 1.79 bits per heavy atom. The van der Waals surface area contributed by atoms with Crippen molar-refractivity contribution >= 4 is 16.8 Å². The predicted molar refractivity (Wildman–Crippen MR) is 84.5 cm³/mol. The highest BCUT2D eigenvalue weighted by molar-refractivity contribution is 5.95. The summed E-state index contributed by atoms with van der Waals surface area (Å²) in [5, 5.41) is 2.87. The van der Waals surface area contributed by atoms with Gasteiger partial charge in [0.1, 0.15) is 0 Å². The van der Waals surface area contributed by atoms with Crippen LogP contribution in [0.5, 0.6) is 0 Å². The van der Waals surface area contributed by atoms with Gasteiger partial charge in [0.15, 0.2) is 0 Å². The van der Waals surface area contributed by atoms with Gasteiger partial charge in [0, 0.05) is 5.92 Å². The molecule has 1 aliphatic carbocycles. The zero-order chi connectivity index (χ0) is 13.1. The van der Waals surface area contributed by atoms with Crippen molar-refractivity contribution in [2.24, 2.45) is 0 Å². The molecule has 0 N–H and O–H groups in total. The van der Waals surface area contributed by atoms with Crippen LogP contribution in [-0.4, -0.2) is 0 Å². The fourth-order valence-corrected chi connectivity index (χ4v) is 3.21. The lowest BCUT2D eigenvalue weighted by Gasteiger charge is -2.21. The van der Waals surface area contributed by atoms with Gasteiger partial charge in [-0.3, -0.25) is 0 Å². The first-order chi connectivity index (χ1) is 9.40. The van der Waals surface area contributed by atoms with Crippen LogP contribution in [0, 0.1) is 0 Å². The smallest absolute Gasteiger partial charge is 0.00276 e. The van der Waals surface area contributed by atoms with Crippen molar-refractivity contribution in [2.75, 3.05) is 0 Å². The van der Waals surface area contributed by atoms with E-state index in [0.717, 1.165) is 0 Å². The minimum absolute atomic E-state index is 0.621. The molecule has 2 aromatic carbocycles. The first kappa shape index (κ1) is 12.5. The molecule has 19 heavy (non-hydrogen) atoms. The zero-order valence-electron chi connectivity index (χ0n) is 11.7. The van der Waals surface area contributed by atoms with E-state index in [0.29, 0.717) is 5.92 Å². The lowest BCUT2D eigenvalue weighted by atomic mass is 9.83. The normalized spacial score (nSPS) is 17.0. The molecule has 0 radical (unpaired) electrons. The number of rotatable bonds is 5. The van der Waals surface area contributed by atoms with Crippen LogP contribution in [0.2, 0.25) is 0 Å². The van der Waals surface area contributed by atoms with E-state index in [1.165, 1.54) is 54.0 Å². The Hall–Kier alpha value is -1.56. The van der Waals surface area contributed by atoms with Gasteiger partial charge in [0.2, 0.25) is 0 Å². The van der Waals surface area contributed by atoms with E-state index in [2.05, 4.69) is 55.5 Å². The van der Waals surface area contributed by atoms with Gasteiger partial charge >= 0.3 is 0 Å². The minimum Gasteiger partial charge on any atom is -0.0764 e. The average Bonchev–Trinajstić information content (AvgIpc) is 2.46. The molecule has 98 valence electrons. The van der Waals surface area contributed by atoms with Crippen LogP contribution in [-0.2, 0) is 0 Å². The highest BCUT2D eigenvalue weighted by atomic mass is 14.2. The molecule has 1 unspecified atom stereocenters. The molecule has 0 spiro atoms. The van der Waals surface area contributed by atoms with Crippen molar-refractivity contribution in [1.82, 2.24) is 0 Å². The van der Waals surface area contributed by atoms with E-state index >= 15 is 0 Å². The summed E-state index contributed by atoms with van der Waals surface area (Å²) in [6.07, 6.45) is 11.4. The van der Waals surface area contributed by atoms with Gasteiger partial charge in [-0.05, 0) is 28.3 Å². The second-order valence-corrected chi connectivity index (χ2v) is 5.61. The fourth-order valence-electron chi connectivity index (χ4n) is 3.21. The van der Waals surface area contributed by atoms with Gasteiger partial charge in [-0.25, -0.2) is 0 Å². The highest BCUT2D eigenvalue weighted by Crippen LogP contribution is 2.37. The van der Waals surface area contributed by atoms with Gasteiger partial charge in [-0.1, -0.05) is 81.2 Å². The third-order valence-electron chi connectivity index (χ3n) is 4.25. The maximum atomic E-state index is 2.41. The minimum atomic E-state index is 0.621. The maximum Gasteiger partial charge on any atom is 0.00276 e. The summed E-state index contributed by atoms with van der Waals surface area (Å²) in [4.78, 5) is 0. The van der Waals surface area contributed by atoms with Crippen molar-refractivity contribution < 1.29 is 0 Å². The Balaban J connectivity index is 1.87. The Kier molecular flexibility index (Phi) is 3.68. The predicted octanol–water partition coefficient (Wildman–Crippen LogP) is 5.92. The number of allylic oxidation sites excluding steroid dienone is 1. The van der Waals surface area contributed by atoms with E-state index in [4.69, 9.17) is 0 Å². The van der Waals surface area contributed by atoms with Crippen molar-refractivity contribution in [2.45, 2.75) is 44.9 Å². The molecule has 0 saturated heterocycles. The largest absolute Gasteiger partial charge is 0.0764 e. The molecule has 0 bridgehead atoms. The summed E-state index contributed by atoms with van der Waals surface area (Å²) in [6.45, 7) is 2.28. The highest BCUT2D eigenvalue weighted by Gasteiger charge is 2.16. The van der Waals surface area contributed by atoms with Gasteiger partial charge in [-0.2, -0.15) is 0 Å². The van der Waals surface area contributed by atoms with Crippen molar-refractivity contribution in [3.63, 3.8) is 0 Å². The molecule has 0 amide bonds. The first-order valence-electron chi connectivity index (χ1n) is 7.60. The van der Waals surface area contributed by atoms with E-state index in [-0.39, 0.29) is 0 Å². The van der Waals surface area contributed by atoms with Gasteiger partial charge in [0.05, 0.1) is 0 Å². The molecular formula is C19H22. The molecule has 0 heteroatoms. The topological polar surface area (TPSA) is 0 Å². The maximum absolute atomic E-state index is 2.41. The summed E-state index contributed by atoms with van der Waals surface area (Å²) >= 11 is 0. The standard InChI is InChI=1S/C19H22/c1-2-3-4-5-8-15-13-14-17-10-6-9-16-11-7-12-18(15)19(16)17/h6-7,9-15H,2-5,8H2,1H3. The second-order valence-electron chi connectivity index (χ2n) is 5.61. The number of hydrogen-bond donors (Lipinski definition) is 0. The van der Waals surface area contributed by atoms with Crippen LogP contribution in [0.15, 0.2) is 42.5 Å². The lowest BCUT2D eigenvalue weighted by Crippen LogP contribution is -2.01. The van der Waals surface area contributed by atoms with Gasteiger partial charge in [0.25, 0.3) is 0 Å². The fraction of sp³-hybridized carbons (Fsp3) is 0.368. The average molecular weight is 250 g/mol. The molecule has 0 heterocycles.